The van der Waals surface area contributed by atoms with Crippen molar-refractivity contribution in [1.82, 2.24) is 10.9 Å². The summed E-state index contributed by atoms with van der Waals surface area (Å²) in [4.78, 5) is 22.2. The van der Waals surface area contributed by atoms with Crippen LogP contribution in [0, 0.1) is 5.92 Å². The second kappa shape index (κ2) is 4.64. The van der Waals surface area contributed by atoms with Gasteiger partial charge in [0.1, 0.15) is 0 Å². The van der Waals surface area contributed by atoms with Crippen LogP contribution in [-0.4, -0.2) is 23.5 Å². The zero-order valence-corrected chi connectivity index (χ0v) is 10.3. The lowest BCUT2D eigenvalue weighted by atomic mass is 9.91. The number of carbonyl (C=O) groups excluding carboxylic acids is 1. The van der Waals surface area contributed by atoms with E-state index in [1.165, 1.54) is 0 Å². The summed E-state index contributed by atoms with van der Waals surface area (Å²) >= 11 is 0. The molecule has 0 aliphatic carbocycles. The van der Waals surface area contributed by atoms with E-state index < -0.39 is 5.97 Å². The van der Waals surface area contributed by atoms with Crippen molar-refractivity contribution in [1.29, 1.82) is 0 Å². The van der Waals surface area contributed by atoms with Gasteiger partial charge in [0, 0.05) is 18.2 Å². The monoisotopic (exact) mass is 261 g/mol. The second-order valence-electron chi connectivity index (χ2n) is 5.00. The van der Waals surface area contributed by atoms with E-state index in [2.05, 4.69) is 16.2 Å². The Morgan fingerprint density at radius 2 is 2.26 bits per heavy atom. The highest BCUT2D eigenvalue weighted by Gasteiger charge is 2.31. The number of hydrazine groups is 1. The number of rotatable bonds is 3. The van der Waals surface area contributed by atoms with Crippen LogP contribution in [0.1, 0.15) is 23.6 Å². The van der Waals surface area contributed by atoms with Crippen molar-refractivity contribution < 1.29 is 14.7 Å². The van der Waals surface area contributed by atoms with Crippen LogP contribution in [0.5, 0.6) is 0 Å². The lowest BCUT2D eigenvalue weighted by Crippen LogP contribution is -2.25. The lowest BCUT2D eigenvalue weighted by Gasteiger charge is -2.17. The number of hydrogen-bond donors (Lipinski definition) is 4. The Balaban J connectivity index is 1.84. The van der Waals surface area contributed by atoms with Crippen molar-refractivity contribution in [3.63, 3.8) is 0 Å². The first-order chi connectivity index (χ1) is 9.13. The molecule has 0 spiro atoms. The fourth-order valence-electron chi connectivity index (χ4n) is 2.75. The number of fused-ring (bicyclic) bond motifs is 1. The molecule has 2 atom stereocenters. The van der Waals surface area contributed by atoms with Crippen molar-refractivity contribution in [2.75, 3.05) is 11.9 Å². The zero-order valence-electron chi connectivity index (χ0n) is 10.3. The summed E-state index contributed by atoms with van der Waals surface area (Å²) in [6.07, 6.45) is 0.520. The average Bonchev–Trinajstić information content (AvgIpc) is 2.92. The summed E-state index contributed by atoms with van der Waals surface area (Å²) in [5.41, 5.74) is 8.97. The molecule has 6 heteroatoms. The highest BCUT2D eigenvalue weighted by atomic mass is 16.4. The SMILES string of the molecule is O=C(O)CC1CNNC1c1ccc2c(c1)CC(=O)N2. The maximum atomic E-state index is 11.3. The maximum absolute atomic E-state index is 11.3. The second-order valence-corrected chi connectivity index (χ2v) is 5.00. The molecule has 0 aromatic heterocycles. The van der Waals surface area contributed by atoms with Crippen molar-refractivity contribution in [3.05, 3.63) is 29.3 Å². The first-order valence-electron chi connectivity index (χ1n) is 6.26. The fraction of sp³-hybridized carbons (Fsp3) is 0.385. The van der Waals surface area contributed by atoms with Crippen LogP contribution in [0.15, 0.2) is 18.2 Å². The molecule has 3 rings (SSSR count). The minimum atomic E-state index is -0.793. The molecule has 4 N–H and O–H groups in total. The van der Waals surface area contributed by atoms with E-state index in [1.54, 1.807) is 0 Å². The molecule has 1 amide bonds. The summed E-state index contributed by atoms with van der Waals surface area (Å²) in [6.45, 7) is 0.630. The van der Waals surface area contributed by atoms with Crippen molar-refractivity contribution in [2.45, 2.75) is 18.9 Å². The minimum Gasteiger partial charge on any atom is -0.481 e. The van der Waals surface area contributed by atoms with Crippen LogP contribution in [0.25, 0.3) is 0 Å². The van der Waals surface area contributed by atoms with E-state index in [4.69, 9.17) is 5.11 Å². The van der Waals surface area contributed by atoms with Crippen LogP contribution in [0.2, 0.25) is 0 Å². The summed E-state index contributed by atoms with van der Waals surface area (Å²) < 4.78 is 0. The molecule has 6 nitrogen and oxygen atoms in total. The molecular formula is C13H15N3O3. The lowest BCUT2D eigenvalue weighted by molar-refractivity contribution is -0.138. The van der Waals surface area contributed by atoms with Gasteiger partial charge in [0.2, 0.25) is 5.91 Å². The minimum absolute atomic E-state index is 0.00624. The molecular weight excluding hydrogens is 246 g/mol. The van der Waals surface area contributed by atoms with Crippen LogP contribution in [0.4, 0.5) is 5.69 Å². The summed E-state index contributed by atoms with van der Waals surface area (Å²) in [5.74, 6) is -0.772. The van der Waals surface area contributed by atoms with Gasteiger partial charge >= 0.3 is 5.97 Å². The quantitative estimate of drug-likeness (QED) is 0.633. The molecule has 2 unspecified atom stereocenters. The highest BCUT2D eigenvalue weighted by Crippen LogP contribution is 2.31. The number of nitrogens with one attached hydrogen (secondary N) is 3. The van der Waals surface area contributed by atoms with Crippen LogP contribution in [-0.2, 0) is 16.0 Å². The Morgan fingerprint density at radius 1 is 1.42 bits per heavy atom. The zero-order chi connectivity index (χ0) is 13.4. The molecule has 1 saturated heterocycles. The summed E-state index contributed by atoms with van der Waals surface area (Å²) in [7, 11) is 0. The van der Waals surface area contributed by atoms with E-state index in [0.29, 0.717) is 13.0 Å². The summed E-state index contributed by atoms with van der Waals surface area (Å²) in [6, 6.07) is 5.77. The number of hydrogen-bond acceptors (Lipinski definition) is 4. The Bertz CT molecular complexity index is 544. The van der Waals surface area contributed by atoms with Crippen molar-refractivity contribution >= 4 is 17.6 Å². The molecule has 1 aromatic rings. The standard InChI is InChI=1S/C13H15N3O3/c17-11-4-8-3-7(1-2-10(8)15-11)13-9(5-12(18)19)6-14-16-13/h1-3,9,13-14,16H,4-6H2,(H,15,17)(H,18,19). The molecule has 2 aliphatic rings. The Morgan fingerprint density at radius 3 is 3.05 bits per heavy atom. The van der Waals surface area contributed by atoms with E-state index in [0.717, 1.165) is 16.8 Å². The summed E-state index contributed by atoms with van der Waals surface area (Å²) in [5, 5.41) is 11.7. The van der Waals surface area contributed by atoms with E-state index in [9.17, 15) is 9.59 Å². The number of carboxylic acids is 1. The predicted molar refractivity (Wildman–Crippen MR) is 68.4 cm³/mol. The van der Waals surface area contributed by atoms with E-state index in [-0.39, 0.29) is 24.3 Å². The van der Waals surface area contributed by atoms with Gasteiger partial charge in [-0.3, -0.25) is 15.0 Å². The normalized spacial score (nSPS) is 25.2. The number of carboxylic acid groups (broad SMARTS) is 1. The molecule has 0 bridgehead atoms. The van der Waals surface area contributed by atoms with Gasteiger partial charge in [0.25, 0.3) is 0 Å². The third kappa shape index (κ3) is 2.32. The first-order valence-corrected chi connectivity index (χ1v) is 6.26. The third-order valence-electron chi connectivity index (χ3n) is 3.64. The highest BCUT2D eigenvalue weighted by molar-refractivity contribution is 5.99. The third-order valence-corrected chi connectivity index (χ3v) is 3.64. The van der Waals surface area contributed by atoms with Crippen LogP contribution >= 0.6 is 0 Å². The number of amides is 1. The Kier molecular flexibility index (Phi) is 2.96. The van der Waals surface area contributed by atoms with Crippen LogP contribution in [0.3, 0.4) is 0 Å². The number of anilines is 1. The topological polar surface area (TPSA) is 90.5 Å². The van der Waals surface area contributed by atoms with E-state index in [1.807, 2.05) is 18.2 Å². The van der Waals surface area contributed by atoms with Crippen LogP contribution < -0.4 is 16.2 Å². The fourth-order valence-corrected chi connectivity index (χ4v) is 2.75. The molecule has 2 aliphatic heterocycles. The smallest absolute Gasteiger partial charge is 0.303 e. The first kappa shape index (κ1) is 12.1. The Hall–Kier alpha value is -1.92. The van der Waals surface area contributed by atoms with Gasteiger partial charge in [-0.15, -0.1) is 0 Å². The van der Waals surface area contributed by atoms with Gasteiger partial charge in [0.05, 0.1) is 18.9 Å². The average molecular weight is 261 g/mol. The molecule has 0 saturated carbocycles. The molecule has 2 heterocycles. The number of benzene rings is 1. The van der Waals surface area contributed by atoms with Gasteiger partial charge < -0.3 is 10.4 Å². The van der Waals surface area contributed by atoms with Gasteiger partial charge in [-0.25, -0.2) is 5.43 Å². The van der Waals surface area contributed by atoms with Gasteiger partial charge in [-0.05, 0) is 17.2 Å². The predicted octanol–water partition coefficient (Wildman–Crippen LogP) is 0.421. The molecule has 100 valence electrons. The maximum Gasteiger partial charge on any atom is 0.303 e. The molecule has 19 heavy (non-hydrogen) atoms. The molecule has 1 fully saturated rings. The van der Waals surface area contributed by atoms with Gasteiger partial charge in [0.15, 0.2) is 0 Å². The van der Waals surface area contributed by atoms with Crippen molar-refractivity contribution in [2.24, 2.45) is 5.92 Å². The number of carbonyl (C=O) groups is 2. The van der Waals surface area contributed by atoms with Crippen molar-refractivity contribution in [3.8, 4) is 0 Å². The Labute approximate surface area is 110 Å². The van der Waals surface area contributed by atoms with Gasteiger partial charge in [-0.2, -0.15) is 0 Å². The number of aliphatic carboxylic acids is 1. The largest absolute Gasteiger partial charge is 0.481 e. The molecule has 0 radical (unpaired) electrons. The van der Waals surface area contributed by atoms with E-state index >= 15 is 0 Å². The van der Waals surface area contributed by atoms with Gasteiger partial charge in [-0.1, -0.05) is 12.1 Å². The molecule has 1 aromatic carbocycles.